The van der Waals surface area contributed by atoms with Crippen LogP contribution in [0.15, 0.2) is 103 Å². The first-order chi connectivity index (χ1) is 16.2. The molecule has 0 aliphatic rings. The van der Waals surface area contributed by atoms with E-state index in [9.17, 15) is 9.50 Å². The van der Waals surface area contributed by atoms with Gasteiger partial charge in [0.2, 0.25) is 0 Å². The highest BCUT2D eigenvalue weighted by molar-refractivity contribution is 5.84. The first kappa shape index (κ1) is 20.7. The van der Waals surface area contributed by atoms with E-state index < -0.39 is 0 Å². The molecule has 0 unspecified atom stereocenters. The van der Waals surface area contributed by atoms with Gasteiger partial charge in [-0.1, -0.05) is 79.7 Å². The van der Waals surface area contributed by atoms with Crippen molar-refractivity contribution in [2.24, 2.45) is 0 Å². The molecule has 0 fully saturated rings. The molecular weight excluding hydrogens is 411 g/mol. The summed E-state index contributed by atoms with van der Waals surface area (Å²) in [6, 6.07) is 32.0. The molecule has 0 saturated heterocycles. The molecule has 1 aromatic heterocycles. The van der Waals surface area contributed by atoms with Gasteiger partial charge in [-0.3, -0.25) is 0 Å². The maximum Gasteiger partial charge on any atom is 0.123 e. The third-order valence-electron chi connectivity index (χ3n) is 5.81. The average molecular weight is 435 g/mol. The Labute approximate surface area is 192 Å². The summed E-state index contributed by atoms with van der Waals surface area (Å²) in [7, 11) is 0. The second-order valence-electron chi connectivity index (χ2n) is 7.87. The Kier molecular flexibility index (Phi) is 5.49. The van der Waals surface area contributed by atoms with Crippen molar-refractivity contribution in [2.75, 3.05) is 0 Å². The monoisotopic (exact) mass is 434 g/mol. The van der Waals surface area contributed by atoms with Gasteiger partial charge in [0.15, 0.2) is 0 Å². The summed E-state index contributed by atoms with van der Waals surface area (Å²) in [4.78, 5) is 0. The van der Waals surface area contributed by atoms with Gasteiger partial charge in [0.25, 0.3) is 0 Å². The van der Waals surface area contributed by atoms with Gasteiger partial charge in [0.1, 0.15) is 17.3 Å². The Morgan fingerprint density at radius 3 is 2.06 bits per heavy atom. The molecule has 5 aromatic rings. The fourth-order valence-electron chi connectivity index (χ4n) is 4.24. The van der Waals surface area contributed by atoms with Crippen molar-refractivity contribution in [3.05, 3.63) is 115 Å². The second-order valence-corrected chi connectivity index (χ2v) is 7.87. The lowest BCUT2D eigenvalue weighted by molar-refractivity contribution is 0.475. The number of rotatable bonds is 5. The topological polar surface area (TPSA) is 38.0 Å². The predicted octanol–water partition coefficient (Wildman–Crippen LogP) is 7.28. The van der Waals surface area contributed by atoms with Crippen molar-refractivity contribution >= 4 is 0 Å². The van der Waals surface area contributed by atoms with Crippen LogP contribution >= 0.6 is 0 Å². The Morgan fingerprint density at radius 2 is 1.36 bits per heavy atom. The van der Waals surface area contributed by atoms with E-state index in [0.717, 1.165) is 51.3 Å². The first-order valence-electron chi connectivity index (χ1n) is 11.0. The molecule has 1 N–H and O–H groups in total. The molecule has 0 saturated carbocycles. The lowest BCUT2D eigenvalue weighted by atomic mass is 9.97. The van der Waals surface area contributed by atoms with Crippen LogP contribution in [-0.4, -0.2) is 14.9 Å². The van der Waals surface area contributed by atoms with Crippen LogP contribution in [0.1, 0.15) is 12.6 Å². The van der Waals surface area contributed by atoms with Crippen LogP contribution in [0.3, 0.4) is 0 Å². The average Bonchev–Trinajstić information content (AvgIpc) is 3.25. The van der Waals surface area contributed by atoms with Gasteiger partial charge in [-0.25, -0.2) is 9.07 Å². The molecule has 0 atom stereocenters. The SMILES string of the molecule is CCc1c(-c2ccc(F)cc2)c(-c2ccccc2)nn1-c1ccccc1-c1ccc(O)cc1. The van der Waals surface area contributed by atoms with E-state index in [2.05, 4.69) is 19.1 Å². The first-order valence-corrected chi connectivity index (χ1v) is 11.0. The molecule has 3 nitrogen and oxygen atoms in total. The maximum atomic E-state index is 13.7. The van der Waals surface area contributed by atoms with Crippen molar-refractivity contribution in [3.63, 3.8) is 0 Å². The van der Waals surface area contributed by atoms with E-state index in [0.29, 0.717) is 0 Å². The van der Waals surface area contributed by atoms with Crippen molar-refractivity contribution in [2.45, 2.75) is 13.3 Å². The summed E-state index contributed by atoms with van der Waals surface area (Å²) >= 11 is 0. The Bertz CT molecular complexity index is 1390. The van der Waals surface area contributed by atoms with Crippen LogP contribution in [0, 0.1) is 5.82 Å². The maximum absolute atomic E-state index is 13.7. The molecule has 0 aliphatic carbocycles. The Balaban J connectivity index is 1.78. The minimum absolute atomic E-state index is 0.231. The summed E-state index contributed by atoms with van der Waals surface area (Å²) in [5.74, 6) is -0.0299. The smallest absolute Gasteiger partial charge is 0.123 e. The zero-order valence-corrected chi connectivity index (χ0v) is 18.2. The number of para-hydroxylation sites is 1. The quantitative estimate of drug-likeness (QED) is 0.316. The van der Waals surface area contributed by atoms with Crippen molar-refractivity contribution < 1.29 is 9.50 Å². The lowest BCUT2D eigenvalue weighted by Gasteiger charge is -2.13. The van der Waals surface area contributed by atoms with Crippen molar-refractivity contribution in [1.29, 1.82) is 0 Å². The van der Waals surface area contributed by atoms with Crippen LogP contribution in [0.5, 0.6) is 5.75 Å². The molecule has 5 rings (SSSR count). The van der Waals surface area contributed by atoms with Gasteiger partial charge in [-0.15, -0.1) is 0 Å². The van der Waals surface area contributed by atoms with E-state index in [4.69, 9.17) is 5.10 Å². The zero-order valence-electron chi connectivity index (χ0n) is 18.2. The number of hydrogen-bond acceptors (Lipinski definition) is 2. The van der Waals surface area contributed by atoms with E-state index in [1.807, 2.05) is 71.4 Å². The predicted molar refractivity (Wildman–Crippen MR) is 131 cm³/mol. The van der Waals surface area contributed by atoms with Crippen molar-refractivity contribution in [1.82, 2.24) is 9.78 Å². The van der Waals surface area contributed by atoms with Crippen molar-refractivity contribution in [3.8, 4) is 44.9 Å². The molecule has 0 amide bonds. The highest BCUT2D eigenvalue weighted by atomic mass is 19.1. The normalized spacial score (nSPS) is 11.0. The molecule has 0 aliphatic heterocycles. The Hall–Kier alpha value is -4.18. The molecule has 0 spiro atoms. The van der Waals surface area contributed by atoms with E-state index >= 15 is 0 Å². The van der Waals surface area contributed by atoms with Gasteiger partial charge in [0, 0.05) is 16.7 Å². The molecule has 4 heteroatoms. The lowest BCUT2D eigenvalue weighted by Crippen LogP contribution is -2.04. The fraction of sp³-hybridized carbons (Fsp3) is 0.0690. The highest BCUT2D eigenvalue weighted by Crippen LogP contribution is 2.38. The minimum Gasteiger partial charge on any atom is -0.508 e. The van der Waals surface area contributed by atoms with Gasteiger partial charge >= 0.3 is 0 Å². The fourth-order valence-corrected chi connectivity index (χ4v) is 4.24. The molecule has 4 aromatic carbocycles. The third-order valence-corrected chi connectivity index (χ3v) is 5.81. The van der Waals surface area contributed by atoms with Gasteiger partial charge in [-0.2, -0.15) is 5.10 Å². The number of halogens is 1. The summed E-state index contributed by atoms with van der Waals surface area (Å²) in [5.41, 5.74) is 7.81. The molecule has 0 radical (unpaired) electrons. The summed E-state index contributed by atoms with van der Waals surface area (Å²) < 4.78 is 15.7. The van der Waals surface area contributed by atoms with Gasteiger partial charge in [0.05, 0.1) is 11.4 Å². The number of nitrogens with zero attached hydrogens (tertiary/aromatic N) is 2. The highest BCUT2D eigenvalue weighted by Gasteiger charge is 2.22. The number of aromatic hydroxyl groups is 1. The zero-order chi connectivity index (χ0) is 22.8. The molecule has 1 heterocycles. The Morgan fingerprint density at radius 1 is 0.727 bits per heavy atom. The number of benzene rings is 4. The van der Waals surface area contributed by atoms with Crippen LogP contribution < -0.4 is 0 Å². The summed E-state index contributed by atoms with van der Waals surface area (Å²) in [5, 5.41) is 14.8. The molecule has 33 heavy (non-hydrogen) atoms. The standard InChI is InChI=1S/C29H23FN2O/c1-2-26-28(21-12-16-23(30)17-13-21)29(22-8-4-3-5-9-22)31-32(26)27-11-7-6-10-25(27)20-14-18-24(33)19-15-20/h3-19,33H,2H2,1H3. The third kappa shape index (κ3) is 3.92. The summed E-state index contributed by atoms with van der Waals surface area (Å²) in [6.07, 6.45) is 0.746. The van der Waals surface area contributed by atoms with E-state index in [1.54, 1.807) is 12.1 Å². The number of phenolic OH excluding ortho intramolecular Hbond substituents is 1. The number of aromatic nitrogens is 2. The van der Waals surface area contributed by atoms with Crippen LogP contribution in [0.4, 0.5) is 4.39 Å². The minimum atomic E-state index is -0.261. The van der Waals surface area contributed by atoms with Gasteiger partial charge < -0.3 is 5.11 Å². The van der Waals surface area contributed by atoms with Crippen LogP contribution in [-0.2, 0) is 6.42 Å². The largest absolute Gasteiger partial charge is 0.508 e. The molecule has 0 bridgehead atoms. The van der Waals surface area contributed by atoms with E-state index in [1.165, 1.54) is 12.1 Å². The summed E-state index contributed by atoms with van der Waals surface area (Å²) in [6.45, 7) is 2.11. The van der Waals surface area contributed by atoms with Crippen LogP contribution in [0.2, 0.25) is 0 Å². The number of phenols is 1. The number of hydrogen-bond donors (Lipinski definition) is 1. The van der Waals surface area contributed by atoms with Crippen LogP contribution in [0.25, 0.3) is 39.2 Å². The molecular formula is C29H23FN2O. The second kappa shape index (κ2) is 8.75. The molecule has 162 valence electrons. The van der Waals surface area contributed by atoms with E-state index in [-0.39, 0.29) is 11.6 Å². The van der Waals surface area contributed by atoms with Gasteiger partial charge in [-0.05, 0) is 47.9 Å².